The van der Waals surface area contributed by atoms with E-state index in [1.807, 2.05) is 0 Å². The van der Waals surface area contributed by atoms with E-state index in [9.17, 15) is 10.1 Å². The van der Waals surface area contributed by atoms with Gasteiger partial charge in [0.25, 0.3) is 0 Å². The third-order valence-electron chi connectivity index (χ3n) is 3.46. The number of methoxy groups -OCH3 is 3. The molecule has 0 unspecified atom stereocenters. The van der Waals surface area contributed by atoms with Gasteiger partial charge < -0.3 is 14.2 Å². The van der Waals surface area contributed by atoms with Crippen molar-refractivity contribution in [3.8, 4) is 17.6 Å². The molecule has 0 heterocycles. The summed E-state index contributed by atoms with van der Waals surface area (Å²) in [6, 6.07) is 14.3. The average molecular weight is 323 g/mol. The van der Waals surface area contributed by atoms with E-state index in [0.717, 1.165) is 5.56 Å². The van der Waals surface area contributed by atoms with Crippen LogP contribution in [0.4, 0.5) is 0 Å². The molecule has 0 spiro atoms. The van der Waals surface area contributed by atoms with Crippen LogP contribution in [-0.4, -0.2) is 27.3 Å². The first kappa shape index (κ1) is 17.1. The third kappa shape index (κ3) is 3.73. The minimum absolute atomic E-state index is 0.397. The van der Waals surface area contributed by atoms with Gasteiger partial charge in [0.1, 0.15) is 0 Å². The van der Waals surface area contributed by atoms with E-state index in [1.54, 1.807) is 62.8 Å². The molecule has 0 aliphatic heterocycles. The SMILES string of the molecule is COC(=O)c1ccc(C=C(C#N)c2ccc(OC)c(OC)c2)cc1. The smallest absolute Gasteiger partial charge is 0.337 e. The molecule has 0 saturated heterocycles. The Morgan fingerprint density at radius 2 is 1.58 bits per heavy atom. The standard InChI is InChI=1S/C19H17NO4/c1-22-17-9-8-15(11-18(17)23-2)16(12-20)10-13-4-6-14(7-5-13)19(21)24-3/h4-11H,1-3H3. The first-order valence-electron chi connectivity index (χ1n) is 7.15. The van der Waals surface area contributed by atoms with Gasteiger partial charge >= 0.3 is 5.97 Å². The molecule has 2 rings (SSSR count). The van der Waals surface area contributed by atoms with Gasteiger partial charge in [-0.15, -0.1) is 0 Å². The highest BCUT2D eigenvalue weighted by Crippen LogP contribution is 2.30. The zero-order chi connectivity index (χ0) is 17.5. The molecular formula is C19H17NO4. The first-order valence-corrected chi connectivity index (χ1v) is 7.15. The fraction of sp³-hybridized carbons (Fsp3) is 0.158. The molecule has 122 valence electrons. The predicted molar refractivity (Wildman–Crippen MR) is 90.8 cm³/mol. The first-order chi connectivity index (χ1) is 11.6. The second kappa shape index (κ2) is 7.84. The van der Waals surface area contributed by atoms with Gasteiger partial charge in [0.05, 0.1) is 38.5 Å². The highest BCUT2D eigenvalue weighted by Gasteiger charge is 2.09. The van der Waals surface area contributed by atoms with Gasteiger partial charge in [0.15, 0.2) is 11.5 Å². The van der Waals surface area contributed by atoms with E-state index in [1.165, 1.54) is 7.11 Å². The summed E-state index contributed by atoms with van der Waals surface area (Å²) < 4.78 is 15.1. The lowest BCUT2D eigenvalue weighted by Crippen LogP contribution is -2.00. The summed E-state index contributed by atoms with van der Waals surface area (Å²) in [5.41, 5.74) is 2.45. The quantitative estimate of drug-likeness (QED) is 0.478. The van der Waals surface area contributed by atoms with Crippen LogP contribution in [0.15, 0.2) is 42.5 Å². The number of benzene rings is 2. The highest BCUT2D eigenvalue weighted by molar-refractivity contribution is 5.92. The second-order valence-electron chi connectivity index (χ2n) is 4.85. The van der Waals surface area contributed by atoms with E-state index in [4.69, 9.17) is 9.47 Å². The van der Waals surface area contributed by atoms with Gasteiger partial charge in [-0.05, 0) is 47.5 Å². The molecule has 0 aliphatic carbocycles. The molecule has 2 aromatic rings. The van der Waals surface area contributed by atoms with Crippen LogP contribution in [0.25, 0.3) is 11.6 Å². The van der Waals surface area contributed by atoms with Crippen LogP contribution in [0.5, 0.6) is 11.5 Å². The van der Waals surface area contributed by atoms with E-state index in [0.29, 0.717) is 28.2 Å². The molecular weight excluding hydrogens is 306 g/mol. The summed E-state index contributed by atoms with van der Waals surface area (Å²) in [6.07, 6.45) is 1.74. The largest absolute Gasteiger partial charge is 0.493 e. The lowest BCUT2D eigenvalue weighted by atomic mass is 10.0. The summed E-state index contributed by atoms with van der Waals surface area (Å²) >= 11 is 0. The van der Waals surface area contributed by atoms with Crippen LogP contribution in [0.2, 0.25) is 0 Å². The van der Waals surface area contributed by atoms with Gasteiger partial charge in [-0.25, -0.2) is 4.79 Å². The molecule has 5 heteroatoms. The van der Waals surface area contributed by atoms with Crippen LogP contribution in [-0.2, 0) is 4.74 Å². The molecule has 0 N–H and O–H groups in total. The summed E-state index contributed by atoms with van der Waals surface area (Å²) in [6.45, 7) is 0. The zero-order valence-electron chi connectivity index (χ0n) is 13.7. The molecule has 0 bridgehead atoms. The van der Waals surface area contributed by atoms with Crippen LogP contribution < -0.4 is 9.47 Å². The average Bonchev–Trinajstić information content (AvgIpc) is 2.65. The molecule has 0 aromatic heterocycles. The minimum Gasteiger partial charge on any atom is -0.493 e. The third-order valence-corrected chi connectivity index (χ3v) is 3.46. The van der Waals surface area contributed by atoms with Crippen molar-refractivity contribution in [1.29, 1.82) is 5.26 Å². The molecule has 0 saturated carbocycles. The van der Waals surface area contributed by atoms with E-state index in [2.05, 4.69) is 10.8 Å². The van der Waals surface area contributed by atoms with Gasteiger partial charge in [-0.2, -0.15) is 5.26 Å². The topological polar surface area (TPSA) is 68.6 Å². The fourth-order valence-corrected chi connectivity index (χ4v) is 2.18. The molecule has 2 aromatic carbocycles. The normalized spacial score (nSPS) is 10.7. The molecule has 0 radical (unpaired) electrons. The number of carbonyl (C=O) groups is 1. The summed E-state index contributed by atoms with van der Waals surface area (Å²) in [5, 5.41) is 9.45. The summed E-state index contributed by atoms with van der Waals surface area (Å²) in [7, 11) is 4.44. The number of rotatable bonds is 5. The number of nitriles is 1. The van der Waals surface area contributed by atoms with Crippen LogP contribution in [0.1, 0.15) is 21.5 Å². The Morgan fingerprint density at radius 1 is 0.958 bits per heavy atom. The Morgan fingerprint density at radius 3 is 2.12 bits per heavy atom. The van der Waals surface area contributed by atoms with E-state index < -0.39 is 5.97 Å². The van der Waals surface area contributed by atoms with Crippen LogP contribution in [0, 0.1) is 11.3 Å². The number of ether oxygens (including phenoxy) is 3. The van der Waals surface area contributed by atoms with Crippen LogP contribution in [0.3, 0.4) is 0 Å². The van der Waals surface area contributed by atoms with Crippen molar-refractivity contribution in [3.63, 3.8) is 0 Å². The zero-order valence-corrected chi connectivity index (χ0v) is 13.7. The van der Waals surface area contributed by atoms with Gasteiger partial charge in [0, 0.05) is 0 Å². The Hall–Kier alpha value is -3.26. The second-order valence-corrected chi connectivity index (χ2v) is 4.85. The number of carbonyl (C=O) groups excluding carboxylic acids is 1. The Bertz CT molecular complexity index is 801. The van der Waals surface area contributed by atoms with E-state index in [-0.39, 0.29) is 0 Å². The number of hydrogen-bond donors (Lipinski definition) is 0. The molecule has 5 nitrogen and oxygen atoms in total. The maximum absolute atomic E-state index is 11.4. The minimum atomic E-state index is -0.397. The number of hydrogen-bond acceptors (Lipinski definition) is 5. The Balaban J connectivity index is 2.36. The van der Waals surface area contributed by atoms with Crippen molar-refractivity contribution >= 4 is 17.6 Å². The molecule has 0 atom stereocenters. The number of esters is 1. The van der Waals surface area contributed by atoms with Gasteiger partial charge in [-0.3, -0.25) is 0 Å². The van der Waals surface area contributed by atoms with Crippen molar-refractivity contribution < 1.29 is 19.0 Å². The van der Waals surface area contributed by atoms with Gasteiger partial charge in [0.2, 0.25) is 0 Å². The maximum atomic E-state index is 11.4. The Labute approximate surface area is 140 Å². The fourth-order valence-electron chi connectivity index (χ4n) is 2.18. The van der Waals surface area contributed by atoms with Crippen LogP contribution >= 0.6 is 0 Å². The molecule has 0 fully saturated rings. The summed E-state index contributed by atoms with van der Waals surface area (Å²) in [4.78, 5) is 11.4. The number of allylic oxidation sites excluding steroid dienone is 1. The Kier molecular flexibility index (Phi) is 5.58. The highest BCUT2D eigenvalue weighted by atomic mass is 16.5. The summed E-state index contributed by atoms with van der Waals surface area (Å²) in [5.74, 6) is 0.754. The van der Waals surface area contributed by atoms with Crippen molar-refractivity contribution in [1.82, 2.24) is 0 Å². The monoisotopic (exact) mass is 323 g/mol. The molecule has 24 heavy (non-hydrogen) atoms. The van der Waals surface area contributed by atoms with Crippen molar-refractivity contribution in [2.75, 3.05) is 21.3 Å². The molecule has 0 amide bonds. The lowest BCUT2D eigenvalue weighted by molar-refractivity contribution is 0.0600. The van der Waals surface area contributed by atoms with Crippen molar-refractivity contribution in [3.05, 3.63) is 59.2 Å². The van der Waals surface area contributed by atoms with Gasteiger partial charge in [-0.1, -0.05) is 12.1 Å². The lowest BCUT2D eigenvalue weighted by Gasteiger charge is -2.09. The maximum Gasteiger partial charge on any atom is 0.337 e. The van der Waals surface area contributed by atoms with E-state index >= 15 is 0 Å². The van der Waals surface area contributed by atoms with Crippen molar-refractivity contribution in [2.24, 2.45) is 0 Å². The van der Waals surface area contributed by atoms with Crippen molar-refractivity contribution in [2.45, 2.75) is 0 Å². The molecule has 0 aliphatic rings. The number of nitrogens with zero attached hydrogens (tertiary/aromatic N) is 1. The predicted octanol–water partition coefficient (Wildman–Crippen LogP) is 3.55.